The predicted octanol–water partition coefficient (Wildman–Crippen LogP) is 2.32. The summed E-state index contributed by atoms with van der Waals surface area (Å²) in [5.74, 6) is 0.799. The standard InChI is InChI=1S/C11H23NO/c1-10(2)5-3-6-11(12)7-4-8-13-9-11/h10H,3-9,12H2,1-2H3. The molecule has 1 atom stereocenters. The Labute approximate surface area is 81.8 Å². The van der Waals surface area contributed by atoms with Gasteiger partial charge >= 0.3 is 0 Å². The second-order valence-electron chi connectivity index (χ2n) is 4.80. The van der Waals surface area contributed by atoms with Crippen LogP contribution in [0.25, 0.3) is 0 Å². The fourth-order valence-electron chi connectivity index (χ4n) is 1.93. The number of hydrogen-bond donors (Lipinski definition) is 1. The molecule has 0 bridgehead atoms. The minimum absolute atomic E-state index is 0.00681. The Hall–Kier alpha value is -0.0800. The van der Waals surface area contributed by atoms with Gasteiger partial charge in [0.25, 0.3) is 0 Å². The summed E-state index contributed by atoms with van der Waals surface area (Å²) in [6.45, 7) is 6.20. The van der Waals surface area contributed by atoms with E-state index in [-0.39, 0.29) is 5.54 Å². The van der Waals surface area contributed by atoms with Crippen LogP contribution in [0.4, 0.5) is 0 Å². The molecular formula is C11H23NO. The summed E-state index contributed by atoms with van der Waals surface area (Å²) in [6.07, 6.45) is 5.95. The maximum absolute atomic E-state index is 6.22. The Morgan fingerprint density at radius 3 is 2.77 bits per heavy atom. The molecule has 2 heteroatoms. The monoisotopic (exact) mass is 185 g/mol. The van der Waals surface area contributed by atoms with Crippen molar-refractivity contribution in [2.24, 2.45) is 11.7 Å². The second-order valence-corrected chi connectivity index (χ2v) is 4.80. The summed E-state index contributed by atoms with van der Waals surface area (Å²) in [6, 6.07) is 0. The van der Waals surface area contributed by atoms with Crippen molar-refractivity contribution in [3.8, 4) is 0 Å². The van der Waals surface area contributed by atoms with E-state index >= 15 is 0 Å². The van der Waals surface area contributed by atoms with E-state index in [0.29, 0.717) is 0 Å². The van der Waals surface area contributed by atoms with Crippen LogP contribution >= 0.6 is 0 Å². The number of ether oxygens (including phenoxy) is 1. The molecule has 1 aliphatic heterocycles. The summed E-state index contributed by atoms with van der Waals surface area (Å²) < 4.78 is 5.42. The molecule has 1 aliphatic rings. The van der Waals surface area contributed by atoms with Crippen molar-refractivity contribution in [1.82, 2.24) is 0 Å². The van der Waals surface area contributed by atoms with Gasteiger partial charge < -0.3 is 10.5 Å². The Bertz CT molecular complexity index is 139. The Morgan fingerprint density at radius 1 is 1.46 bits per heavy atom. The van der Waals surface area contributed by atoms with Crippen LogP contribution in [-0.2, 0) is 4.74 Å². The van der Waals surface area contributed by atoms with Gasteiger partial charge in [-0.3, -0.25) is 0 Å². The van der Waals surface area contributed by atoms with Crippen molar-refractivity contribution in [3.05, 3.63) is 0 Å². The van der Waals surface area contributed by atoms with Crippen molar-refractivity contribution in [2.75, 3.05) is 13.2 Å². The third-order valence-electron chi connectivity index (χ3n) is 2.81. The summed E-state index contributed by atoms with van der Waals surface area (Å²) >= 11 is 0. The van der Waals surface area contributed by atoms with E-state index in [0.717, 1.165) is 38.4 Å². The molecule has 0 aromatic carbocycles. The van der Waals surface area contributed by atoms with Gasteiger partial charge in [0.15, 0.2) is 0 Å². The van der Waals surface area contributed by atoms with Crippen molar-refractivity contribution in [1.29, 1.82) is 0 Å². The molecule has 0 aromatic heterocycles. The van der Waals surface area contributed by atoms with Crippen molar-refractivity contribution >= 4 is 0 Å². The second kappa shape index (κ2) is 4.97. The molecule has 0 aromatic rings. The molecule has 0 saturated carbocycles. The highest BCUT2D eigenvalue weighted by Crippen LogP contribution is 2.23. The average Bonchev–Trinajstić information content (AvgIpc) is 2.04. The lowest BCUT2D eigenvalue weighted by molar-refractivity contribution is 0.0331. The molecular weight excluding hydrogens is 162 g/mol. The molecule has 2 nitrogen and oxygen atoms in total. The third kappa shape index (κ3) is 4.10. The Kier molecular flexibility index (Phi) is 4.20. The van der Waals surface area contributed by atoms with E-state index in [1.54, 1.807) is 0 Å². The van der Waals surface area contributed by atoms with Gasteiger partial charge in [-0.1, -0.05) is 26.7 Å². The molecule has 0 radical (unpaired) electrons. The molecule has 1 saturated heterocycles. The van der Waals surface area contributed by atoms with Gasteiger partial charge in [0, 0.05) is 12.1 Å². The molecule has 13 heavy (non-hydrogen) atoms. The lowest BCUT2D eigenvalue weighted by Gasteiger charge is -2.33. The first-order chi connectivity index (χ1) is 6.12. The molecule has 2 N–H and O–H groups in total. The number of nitrogens with two attached hydrogens (primary N) is 1. The van der Waals surface area contributed by atoms with Gasteiger partial charge in [-0.05, 0) is 25.2 Å². The smallest absolute Gasteiger partial charge is 0.0646 e. The summed E-state index contributed by atoms with van der Waals surface area (Å²) in [5, 5.41) is 0. The quantitative estimate of drug-likeness (QED) is 0.729. The van der Waals surface area contributed by atoms with E-state index in [9.17, 15) is 0 Å². The third-order valence-corrected chi connectivity index (χ3v) is 2.81. The lowest BCUT2D eigenvalue weighted by Crippen LogP contribution is -2.47. The van der Waals surface area contributed by atoms with Crippen LogP contribution in [0.3, 0.4) is 0 Å². The molecule has 0 amide bonds. The van der Waals surface area contributed by atoms with Crippen molar-refractivity contribution in [2.45, 2.75) is 51.5 Å². The summed E-state index contributed by atoms with van der Waals surface area (Å²) in [7, 11) is 0. The van der Waals surface area contributed by atoms with Crippen molar-refractivity contribution in [3.63, 3.8) is 0 Å². The van der Waals surface area contributed by atoms with Crippen LogP contribution in [0.5, 0.6) is 0 Å². The van der Waals surface area contributed by atoms with Gasteiger partial charge in [-0.25, -0.2) is 0 Å². The number of rotatable bonds is 4. The van der Waals surface area contributed by atoms with Crippen LogP contribution in [-0.4, -0.2) is 18.8 Å². The Morgan fingerprint density at radius 2 is 2.23 bits per heavy atom. The molecule has 1 unspecified atom stereocenters. The average molecular weight is 185 g/mol. The van der Waals surface area contributed by atoms with E-state index in [1.165, 1.54) is 12.8 Å². The molecule has 0 spiro atoms. The van der Waals surface area contributed by atoms with Crippen LogP contribution in [0.2, 0.25) is 0 Å². The molecule has 1 fully saturated rings. The van der Waals surface area contributed by atoms with Gasteiger partial charge in [0.2, 0.25) is 0 Å². The van der Waals surface area contributed by atoms with E-state index < -0.39 is 0 Å². The van der Waals surface area contributed by atoms with Crippen molar-refractivity contribution < 1.29 is 4.74 Å². The normalized spacial score (nSPS) is 29.5. The van der Waals surface area contributed by atoms with E-state index in [1.807, 2.05) is 0 Å². The van der Waals surface area contributed by atoms with Crippen LogP contribution < -0.4 is 5.73 Å². The number of hydrogen-bond acceptors (Lipinski definition) is 2. The highest BCUT2D eigenvalue weighted by molar-refractivity contribution is 4.86. The maximum atomic E-state index is 6.22. The maximum Gasteiger partial charge on any atom is 0.0646 e. The lowest BCUT2D eigenvalue weighted by atomic mass is 9.87. The Balaban J connectivity index is 2.17. The van der Waals surface area contributed by atoms with Crippen LogP contribution in [0.15, 0.2) is 0 Å². The predicted molar refractivity (Wildman–Crippen MR) is 55.7 cm³/mol. The first-order valence-electron chi connectivity index (χ1n) is 5.49. The molecule has 1 heterocycles. The highest BCUT2D eigenvalue weighted by atomic mass is 16.5. The fraction of sp³-hybridized carbons (Fsp3) is 1.00. The topological polar surface area (TPSA) is 35.2 Å². The minimum atomic E-state index is -0.00681. The van der Waals surface area contributed by atoms with Gasteiger partial charge in [-0.15, -0.1) is 0 Å². The van der Waals surface area contributed by atoms with Crippen LogP contribution in [0.1, 0.15) is 46.0 Å². The summed E-state index contributed by atoms with van der Waals surface area (Å²) in [5.41, 5.74) is 6.21. The minimum Gasteiger partial charge on any atom is -0.380 e. The zero-order valence-electron chi connectivity index (χ0n) is 9.01. The zero-order chi connectivity index (χ0) is 9.73. The SMILES string of the molecule is CC(C)CCCC1(N)CCCOC1. The first-order valence-corrected chi connectivity index (χ1v) is 5.49. The molecule has 0 aliphatic carbocycles. The highest BCUT2D eigenvalue weighted by Gasteiger charge is 2.27. The van der Waals surface area contributed by atoms with Gasteiger partial charge in [-0.2, -0.15) is 0 Å². The van der Waals surface area contributed by atoms with Gasteiger partial charge in [0.05, 0.1) is 6.61 Å². The van der Waals surface area contributed by atoms with E-state index in [2.05, 4.69) is 13.8 Å². The molecule has 78 valence electrons. The summed E-state index contributed by atoms with van der Waals surface area (Å²) in [4.78, 5) is 0. The van der Waals surface area contributed by atoms with E-state index in [4.69, 9.17) is 10.5 Å². The first kappa shape index (κ1) is 11.0. The largest absolute Gasteiger partial charge is 0.380 e. The van der Waals surface area contributed by atoms with Crippen LogP contribution in [0, 0.1) is 5.92 Å². The van der Waals surface area contributed by atoms with Gasteiger partial charge in [0.1, 0.15) is 0 Å². The fourth-order valence-corrected chi connectivity index (χ4v) is 1.93. The molecule has 1 rings (SSSR count). The zero-order valence-corrected chi connectivity index (χ0v) is 9.01.